The highest BCUT2D eigenvalue weighted by molar-refractivity contribution is 5.96. The number of nitriles is 1. The molecule has 0 spiro atoms. The van der Waals surface area contributed by atoms with E-state index in [0.29, 0.717) is 47.2 Å². The van der Waals surface area contributed by atoms with Crippen LogP contribution in [-0.2, 0) is 11.3 Å². The molecule has 11 nitrogen and oxygen atoms in total. The minimum atomic E-state index is -0.515. The number of hydrogen-bond acceptors (Lipinski definition) is 9. The maximum Gasteiger partial charge on any atom is 0.258 e. The van der Waals surface area contributed by atoms with Crippen molar-refractivity contribution in [3.63, 3.8) is 0 Å². The maximum absolute atomic E-state index is 13.8. The van der Waals surface area contributed by atoms with Crippen LogP contribution in [0.3, 0.4) is 0 Å². The van der Waals surface area contributed by atoms with Gasteiger partial charge >= 0.3 is 0 Å². The molecule has 7 rings (SSSR count). The van der Waals surface area contributed by atoms with E-state index in [1.165, 1.54) is 7.11 Å². The Hall–Kier alpha value is -5.76. The summed E-state index contributed by atoms with van der Waals surface area (Å²) >= 11 is 0. The molecule has 3 aliphatic heterocycles. The molecule has 2 N–H and O–H groups in total. The maximum atomic E-state index is 13.8. The standard InChI is InChI=1S/C35H33N5O6/c1-21-7-9-24-15-26(21)23-5-4-6-25(14-23)45-20-33(41)38-17-22-8-10-30(31(13-22)43-2)46-32-19-40(18-28(32)39-34(24)42)29-11-12-37-35(44-3)27(29)16-36/h4-15,28,32H,17-20H2,1-3H3,(H,38,41)(H,39,42)/t28-,32-/m0/s1. The molecule has 6 bridgehead atoms. The number of hydrogen-bond donors (Lipinski definition) is 2. The Labute approximate surface area is 266 Å². The third-order valence-corrected chi connectivity index (χ3v) is 8.13. The van der Waals surface area contributed by atoms with Crippen LogP contribution in [0.5, 0.6) is 23.1 Å². The summed E-state index contributed by atoms with van der Waals surface area (Å²) in [5, 5.41) is 16.0. The summed E-state index contributed by atoms with van der Waals surface area (Å²) in [6.07, 6.45) is 1.07. The fourth-order valence-corrected chi connectivity index (χ4v) is 5.75. The summed E-state index contributed by atoms with van der Waals surface area (Å²) in [7, 11) is 3.01. The quantitative estimate of drug-likeness (QED) is 0.349. The molecule has 2 amide bonds. The van der Waals surface area contributed by atoms with Crippen LogP contribution in [0, 0.1) is 18.3 Å². The van der Waals surface area contributed by atoms with Crippen molar-refractivity contribution in [1.29, 1.82) is 5.26 Å². The number of anilines is 1. The normalized spacial score (nSPS) is 17.8. The summed E-state index contributed by atoms with van der Waals surface area (Å²) in [6.45, 7) is 2.81. The van der Waals surface area contributed by atoms with Crippen LogP contribution < -0.4 is 34.5 Å². The summed E-state index contributed by atoms with van der Waals surface area (Å²) in [5.41, 5.74) is 4.91. The second-order valence-corrected chi connectivity index (χ2v) is 11.1. The van der Waals surface area contributed by atoms with Crippen molar-refractivity contribution >= 4 is 17.5 Å². The molecule has 46 heavy (non-hydrogen) atoms. The third-order valence-electron chi connectivity index (χ3n) is 8.13. The number of fused-ring (bicyclic) bond motifs is 7. The Morgan fingerprint density at radius 2 is 1.87 bits per heavy atom. The number of nitrogens with one attached hydrogen (secondary N) is 2. The van der Waals surface area contributed by atoms with E-state index >= 15 is 0 Å². The van der Waals surface area contributed by atoms with Crippen molar-refractivity contribution in [3.05, 3.63) is 95.2 Å². The fraction of sp³-hybridized carbons (Fsp3) is 0.257. The third kappa shape index (κ3) is 6.23. The fourth-order valence-electron chi connectivity index (χ4n) is 5.75. The summed E-state index contributed by atoms with van der Waals surface area (Å²) < 4.78 is 23.3. The van der Waals surface area contributed by atoms with E-state index in [1.807, 2.05) is 48.2 Å². The van der Waals surface area contributed by atoms with Gasteiger partial charge in [-0.1, -0.05) is 24.3 Å². The molecule has 3 aromatic carbocycles. The van der Waals surface area contributed by atoms with E-state index in [0.717, 1.165) is 22.3 Å². The highest BCUT2D eigenvalue weighted by atomic mass is 16.5. The molecule has 2 atom stereocenters. The van der Waals surface area contributed by atoms with Crippen molar-refractivity contribution in [2.75, 3.05) is 38.8 Å². The Balaban J connectivity index is 1.39. The zero-order valence-electron chi connectivity index (χ0n) is 25.7. The van der Waals surface area contributed by atoms with Crippen molar-refractivity contribution in [3.8, 4) is 40.3 Å². The lowest BCUT2D eigenvalue weighted by Gasteiger charge is -2.23. The lowest BCUT2D eigenvalue weighted by molar-refractivity contribution is -0.123. The number of nitrogens with zero attached hydrogens (tertiary/aromatic N) is 3. The highest BCUT2D eigenvalue weighted by Gasteiger charge is 2.38. The zero-order chi connectivity index (χ0) is 32.2. The molecular weight excluding hydrogens is 586 g/mol. The van der Waals surface area contributed by atoms with Crippen LogP contribution in [0.25, 0.3) is 11.1 Å². The summed E-state index contributed by atoms with van der Waals surface area (Å²) in [5.74, 6) is 1.18. The van der Waals surface area contributed by atoms with Crippen LogP contribution >= 0.6 is 0 Å². The minimum absolute atomic E-state index is 0.153. The second kappa shape index (κ2) is 13.1. The van der Waals surface area contributed by atoms with Crippen LogP contribution in [0.1, 0.15) is 27.0 Å². The molecular formula is C35H33N5O6. The predicted molar refractivity (Wildman–Crippen MR) is 170 cm³/mol. The Bertz CT molecular complexity index is 1840. The molecule has 4 heterocycles. The van der Waals surface area contributed by atoms with Crippen molar-refractivity contribution in [2.45, 2.75) is 25.6 Å². The summed E-state index contributed by atoms with van der Waals surface area (Å²) in [6, 6.07) is 21.9. The molecule has 11 heteroatoms. The number of carbonyl (C=O) groups excluding carboxylic acids is 2. The van der Waals surface area contributed by atoms with Gasteiger partial charge in [0.15, 0.2) is 18.1 Å². The predicted octanol–water partition coefficient (Wildman–Crippen LogP) is 4.02. The number of ether oxygens (including phenoxy) is 4. The van der Waals surface area contributed by atoms with Gasteiger partial charge in [0, 0.05) is 24.8 Å². The Kier molecular flexibility index (Phi) is 8.61. The van der Waals surface area contributed by atoms with Gasteiger partial charge in [-0.3, -0.25) is 9.59 Å². The topological polar surface area (TPSA) is 135 Å². The smallest absolute Gasteiger partial charge is 0.258 e. The lowest BCUT2D eigenvalue weighted by Crippen LogP contribution is -2.45. The molecule has 0 saturated carbocycles. The van der Waals surface area contributed by atoms with Gasteiger partial charge in [-0.25, -0.2) is 4.98 Å². The van der Waals surface area contributed by atoms with Crippen LogP contribution in [0.15, 0.2) is 72.9 Å². The van der Waals surface area contributed by atoms with Crippen molar-refractivity contribution in [2.24, 2.45) is 0 Å². The average Bonchev–Trinajstić information content (AvgIpc) is 3.47. The van der Waals surface area contributed by atoms with Crippen LogP contribution in [-0.4, -0.2) is 62.9 Å². The molecule has 0 aliphatic carbocycles. The molecule has 1 saturated heterocycles. The van der Waals surface area contributed by atoms with Crippen LogP contribution in [0.2, 0.25) is 0 Å². The number of benzene rings is 3. The van der Waals surface area contributed by atoms with Gasteiger partial charge in [-0.15, -0.1) is 0 Å². The molecule has 1 aromatic heterocycles. The number of methoxy groups -OCH3 is 2. The van der Waals surface area contributed by atoms with E-state index in [1.54, 1.807) is 43.6 Å². The molecule has 1 fully saturated rings. The number of amides is 2. The van der Waals surface area contributed by atoms with E-state index in [2.05, 4.69) is 21.7 Å². The zero-order valence-corrected chi connectivity index (χ0v) is 25.7. The Morgan fingerprint density at radius 1 is 1.00 bits per heavy atom. The molecule has 0 radical (unpaired) electrons. The van der Waals surface area contributed by atoms with Gasteiger partial charge < -0.3 is 34.5 Å². The van der Waals surface area contributed by atoms with Gasteiger partial charge in [-0.05, 0) is 71.6 Å². The van der Waals surface area contributed by atoms with E-state index in [4.69, 9.17) is 18.9 Å². The molecule has 234 valence electrons. The first-order valence-electron chi connectivity index (χ1n) is 14.8. The largest absolute Gasteiger partial charge is 0.493 e. The highest BCUT2D eigenvalue weighted by Crippen LogP contribution is 2.34. The van der Waals surface area contributed by atoms with E-state index in [9.17, 15) is 14.9 Å². The number of aryl methyl sites for hydroxylation is 1. The first-order chi connectivity index (χ1) is 22.4. The van der Waals surface area contributed by atoms with Gasteiger partial charge in [0.05, 0.1) is 32.5 Å². The average molecular weight is 620 g/mol. The van der Waals surface area contributed by atoms with Gasteiger partial charge in [0.25, 0.3) is 11.8 Å². The van der Waals surface area contributed by atoms with Crippen LogP contribution in [0.4, 0.5) is 5.69 Å². The van der Waals surface area contributed by atoms with E-state index in [-0.39, 0.29) is 30.8 Å². The van der Waals surface area contributed by atoms with Gasteiger partial charge in [0.1, 0.15) is 23.5 Å². The van der Waals surface area contributed by atoms with E-state index < -0.39 is 12.1 Å². The number of aromatic nitrogens is 1. The monoisotopic (exact) mass is 619 g/mol. The summed E-state index contributed by atoms with van der Waals surface area (Å²) in [4.78, 5) is 32.6. The van der Waals surface area contributed by atoms with Gasteiger partial charge in [0.2, 0.25) is 5.88 Å². The number of rotatable bonds is 3. The number of pyridine rings is 1. The van der Waals surface area contributed by atoms with Crippen molar-refractivity contribution < 1.29 is 28.5 Å². The molecule has 4 aromatic rings. The first kappa shape index (κ1) is 30.3. The SMILES string of the molecule is COc1cc2ccc1O[C@H]1CN(c3ccnc(OC)c3C#N)C[C@@H]1NC(=O)c1ccc(C)c(c1)-c1cccc(c1)OCC(=O)NC2. The Morgan fingerprint density at radius 3 is 2.67 bits per heavy atom. The second-order valence-electron chi connectivity index (χ2n) is 11.1. The number of carbonyl (C=O) groups is 2. The first-order valence-corrected chi connectivity index (χ1v) is 14.8. The lowest BCUT2D eigenvalue weighted by atomic mass is 9.97. The van der Waals surface area contributed by atoms with Gasteiger partial charge in [-0.2, -0.15) is 5.26 Å². The van der Waals surface area contributed by atoms with Crippen molar-refractivity contribution in [1.82, 2.24) is 15.6 Å². The molecule has 3 aliphatic rings. The molecule has 0 unspecified atom stereocenters. The minimum Gasteiger partial charge on any atom is -0.493 e.